The van der Waals surface area contributed by atoms with Crippen molar-refractivity contribution in [2.45, 2.75) is 0 Å². The average Bonchev–Trinajstić information content (AvgIpc) is 2.62. The van der Waals surface area contributed by atoms with Gasteiger partial charge in [0, 0.05) is 37.4 Å². The van der Waals surface area contributed by atoms with E-state index in [9.17, 15) is 4.79 Å². The fourth-order valence-electron chi connectivity index (χ4n) is 2.94. The molecule has 0 bridgehead atoms. The van der Waals surface area contributed by atoms with Crippen molar-refractivity contribution in [2.24, 2.45) is 5.73 Å². The zero-order valence-corrected chi connectivity index (χ0v) is 12.6. The summed E-state index contributed by atoms with van der Waals surface area (Å²) in [5.74, 6) is 0.0380. The molecular weight excluding hydrogens is 274 g/mol. The zero-order chi connectivity index (χ0) is 15.4. The first-order valence-electron chi connectivity index (χ1n) is 7.67. The summed E-state index contributed by atoms with van der Waals surface area (Å²) in [6, 6.07) is 18.9. The third kappa shape index (κ3) is 2.97. The van der Waals surface area contributed by atoms with Crippen LogP contribution in [0.15, 0.2) is 54.6 Å². The Morgan fingerprint density at radius 1 is 0.909 bits per heavy atom. The molecule has 0 saturated carbocycles. The van der Waals surface area contributed by atoms with Gasteiger partial charge in [0.15, 0.2) is 0 Å². The highest BCUT2D eigenvalue weighted by Gasteiger charge is 2.21. The zero-order valence-electron chi connectivity index (χ0n) is 12.6. The second-order valence-electron chi connectivity index (χ2n) is 5.46. The van der Waals surface area contributed by atoms with E-state index >= 15 is 0 Å². The van der Waals surface area contributed by atoms with Gasteiger partial charge in [0.05, 0.1) is 6.54 Å². The molecule has 3 rings (SSSR count). The molecule has 0 spiro atoms. The minimum atomic E-state index is 0.0380. The Morgan fingerprint density at radius 3 is 2.23 bits per heavy atom. The molecule has 0 aliphatic carbocycles. The molecule has 2 N–H and O–H groups in total. The summed E-state index contributed by atoms with van der Waals surface area (Å²) in [7, 11) is 0. The van der Waals surface area contributed by atoms with E-state index in [1.54, 1.807) is 0 Å². The fourth-order valence-corrected chi connectivity index (χ4v) is 2.94. The van der Waals surface area contributed by atoms with Gasteiger partial charge in [-0.1, -0.05) is 48.5 Å². The summed E-state index contributed by atoms with van der Waals surface area (Å²) in [6.45, 7) is 3.25. The van der Waals surface area contributed by atoms with E-state index in [0.29, 0.717) is 0 Å². The first-order chi connectivity index (χ1) is 10.8. The predicted octanol–water partition coefficient (Wildman–Crippen LogP) is 1.96. The number of rotatable bonds is 3. The van der Waals surface area contributed by atoms with E-state index in [2.05, 4.69) is 53.4 Å². The Kier molecular flexibility index (Phi) is 4.39. The molecule has 2 aromatic carbocycles. The Bertz CT molecular complexity index is 634. The molecular formula is C18H21N3O. The Hall–Kier alpha value is -2.33. The molecule has 0 aromatic heterocycles. The summed E-state index contributed by atoms with van der Waals surface area (Å²) in [4.78, 5) is 15.9. The molecule has 22 heavy (non-hydrogen) atoms. The lowest BCUT2D eigenvalue weighted by molar-refractivity contribution is -0.129. The van der Waals surface area contributed by atoms with Gasteiger partial charge in [-0.2, -0.15) is 0 Å². The molecule has 4 heteroatoms. The number of amides is 1. The minimum Gasteiger partial charge on any atom is -0.367 e. The molecule has 0 unspecified atom stereocenters. The Balaban J connectivity index is 1.81. The third-order valence-electron chi connectivity index (χ3n) is 4.14. The quantitative estimate of drug-likeness (QED) is 0.942. The number of carbonyl (C=O) groups is 1. The molecule has 1 aliphatic rings. The molecule has 2 aromatic rings. The third-order valence-corrected chi connectivity index (χ3v) is 4.14. The number of para-hydroxylation sites is 1. The first-order valence-corrected chi connectivity index (χ1v) is 7.67. The maximum atomic E-state index is 11.7. The van der Waals surface area contributed by atoms with Crippen molar-refractivity contribution in [1.82, 2.24) is 4.90 Å². The monoisotopic (exact) mass is 295 g/mol. The SMILES string of the molecule is NCC(=O)N1CCN(c2ccccc2-c2ccccc2)CC1. The van der Waals surface area contributed by atoms with Gasteiger partial charge >= 0.3 is 0 Å². The standard InChI is InChI=1S/C18H21N3O/c19-14-18(22)21-12-10-20(11-13-21)17-9-5-4-8-16(17)15-6-2-1-3-7-15/h1-9H,10-14,19H2. The van der Waals surface area contributed by atoms with Crippen LogP contribution in [-0.4, -0.2) is 43.5 Å². The highest BCUT2D eigenvalue weighted by Crippen LogP contribution is 2.31. The number of piperazine rings is 1. The number of nitrogens with zero attached hydrogens (tertiary/aromatic N) is 2. The van der Waals surface area contributed by atoms with Gasteiger partial charge < -0.3 is 15.5 Å². The molecule has 1 fully saturated rings. The van der Waals surface area contributed by atoms with Crippen LogP contribution in [0, 0.1) is 0 Å². The number of hydrogen-bond donors (Lipinski definition) is 1. The highest BCUT2D eigenvalue weighted by molar-refractivity contribution is 5.80. The van der Waals surface area contributed by atoms with E-state index < -0.39 is 0 Å². The normalized spacial score (nSPS) is 15.0. The van der Waals surface area contributed by atoms with Gasteiger partial charge in [-0.25, -0.2) is 0 Å². The summed E-state index contributed by atoms with van der Waals surface area (Å²) >= 11 is 0. The lowest BCUT2D eigenvalue weighted by Crippen LogP contribution is -2.50. The van der Waals surface area contributed by atoms with Crippen molar-refractivity contribution in [3.05, 3.63) is 54.6 Å². The van der Waals surface area contributed by atoms with Crippen LogP contribution in [0.25, 0.3) is 11.1 Å². The van der Waals surface area contributed by atoms with E-state index in [1.807, 2.05) is 11.0 Å². The van der Waals surface area contributed by atoms with Gasteiger partial charge in [-0.05, 0) is 11.6 Å². The van der Waals surface area contributed by atoms with E-state index in [1.165, 1.54) is 16.8 Å². The molecule has 0 atom stereocenters. The van der Waals surface area contributed by atoms with Crippen LogP contribution in [0.3, 0.4) is 0 Å². The molecule has 4 nitrogen and oxygen atoms in total. The van der Waals surface area contributed by atoms with Crippen molar-refractivity contribution in [3.8, 4) is 11.1 Å². The van der Waals surface area contributed by atoms with Crippen LogP contribution in [0.1, 0.15) is 0 Å². The molecule has 1 aliphatic heterocycles. The van der Waals surface area contributed by atoms with Gasteiger partial charge in [-0.3, -0.25) is 4.79 Å². The number of benzene rings is 2. The number of carbonyl (C=O) groups excluding carboxylic acids is 1. The number of hydrogen-bond acceptors (Lipinski definition) is 3. The smallest absolute Gasteiger partial charge is 0.236 e. The van der Waals surface area contributed by atoms with Crippen molar-refractivity contribution in [3.63, 3.8) is 0 Å². The Labute approximate surface area is 131 Å². The van der Waals surface area contributed by atoms with Crippen molar-refractivity contribution < 1.29 is 4.79 Å². The molecule has 1 amide bonds. The van der Waals surface area contributed by atoms with Crippen LogP contribution in [0.5, 0.6) is 0 Å². The van der Waals surface area contributed by atoms with Gasteiger partial charge in [0.1, 0.15) is 0 Å². The topological polar surface area (TPSA) is 49.6 Å². The van der Waals surface area contributed by atoms with Crippen molar-refractivity contribution in [1.29, 1.82) is 0 Å². The summed E-state index contributed by atoms with van der Waals surface area (Å²) in [5.41, 5.74) is 9.13. The molecule has 1 saturated heterocycles. The fraction of sp³-hybridized carbons (Fsp3) is 0.278. The summed E-state index contributed by atoms with van der Waals surface area (Å²) in [5, 5.41) is 0. The van der Waals surface area contributed by atoms with E-state index in [-0.39, 0.29) is 12.5 Å². The molecule has 1 heterocycles. The first kappa shape index (κ1) is 14.6. The summed E-state index contributed by atoms with van der Waals surface area (Å²) < 4.78 is 0. The van der Waals surface area contributed by atoms with Crippen molar-refractivity contribution >= 4 is 11.6 Å². The second-order valence-corrected chi connectivity index (χ2v) is 5.46. The lowest BCUT2D eigenvalue weighted by atomic mass is 10.0. The Morgan fingerprint density at radius 2 is 1.55 bits per heavy atom. The summed E-state index contributed by atoms with van der Waals surface area (Å²) in [6.07, 6.45) is 0. The largest absolute Gasteiger partial charge is 0.367 e. The average molecular weight is 295 g/mol. The van der Waals surface area contributed by atoms with Crippen LogP contribution in [0.2, 0.25) is 0 Å². The van der Waals surface area contributed by atoms with E-state index in [4.69, 9.17) is 5.73 Å². The maximum absolute atomic E-state index is 11.7. The number of anilines is 1. The number of nitrogens with two attached hydrogens (primary N) is 1. The van der Waals surface area contributed by atoms with Gasteiger partial charge in [0.25, 0.3) is 0 Å². The van der Waals surface area contributed by atoms with E-state index in [0.717, 1.165) is 26.2 Å². The highest BCUT2D eigenvalue weighted by atomic mass is 16.2. The second kappa shape index (κ2) is 6.62. The van der Waals surface area contributed by atoms with Crippen molar-refractivity contribution in [2.75, 3.05) is 37.6 Å². The van der Waals surface area contributed by atoms with Crippen LogP contribution >= 0.6 is 0 Å². The van der Waals surface area contributed by atoms with Gasteiger partial charge in [-0.15, -0.1) is 0 Å². The minimum absolute atomic E-state index is 0.0380. The van der Waals surface area contributed by atoms with Crippen LogP contribution in [0.4, 0.5) is 5.69 Å². The molecule has 0 radical (unpaired) electrons. The van der Waals surface area contributed by atoms with Gasteiger partial charge in [0.2, 0.25) is 5.91 Å². The van der Waals surface area contributed by atoms with Crippen LogP contribution < -0.4 is 10.6 Å². The predicted molar refractivity (Wildman–Crippen MR) is 89.7 cm³/mol. The lowest BCUT2D eigenvalue weighted by Gasteiger charge is -2.37. The maximum Gasteiger partial charge on any atom is 0.236 e. The van der Waals surface area contributed by atoms with Crippen LogP contribution in [-0.2, 0) is 4.79 Å². The molecule has 114 valence electrons.